The zero-order valence-corrected chi connectivity index (χ0v) is 39.9. The third kappa shape index (κ3) is 17.9. The van der Waals surface area contributed by atoms with Crippen LogP contribution in [0.2, 0.25) is 0 Å². The number of para-hydroxylation sites is 1. The minimum atomic E-state index is -1.37. The van der Waals surface area contributed by atoms with Crippen LogP contribution in [0.3, 0.4) is 0 Å². The van der Waals surface area contributed by atoms with Crippen LogP contribution in [0.25, 0.3) is 10.9 Å². The number of nitrogens with one attached hydrogen (secondary N) is 7. The van der Waals surface area contributed by atoms with Gasteiger partial charge in [-0.2, -0.15) is 0 Å². The first-order valence-electron chi connectivity index (χ1n) is 23.2. The molecule has 0 spiro atoms. The van der Waals surface area contributed by atoms with E-state index in [1.807, 2.05) is 52.0 Å². The second kappa shape index (κ2) is 26.7. The van der Waals surface area contributed by atoms with Crippen molar-refractivity contribution in [1.82, 2.24) is 41.8 Å². The maximum absolute atomic E-state index is 14.6. The van der Waals surface area contributed by atoms with Gasteiger partial charge in [-0.15, -0.1) is 0 Å². The number of fused-ring (bicyclic) bond motifs is 1. The SMILES string of the molecule is CC(C)C[C@H](NC(=O)[C@H](CC(C)C)NC(=O)[C@H](Cc1c[nH]c2ccccc12)NC(=O)[C@H](CC(C)C)NC(=O)[C@@H]1CCCN1C(=O)[C@@H](N)CCC(N)=O)C(=O)N[C@@H](CCC(N)=O)C(=O)NCC(=O)O. The number of aliphatic carboxylic acids is 1. The number of benzene rings is 1. The van der Waals surface area contributed by atoms with E-state index < -0.39 is 108 Å². The summed E-state index contributed by atoms with van der Waals surface area (Å²) in [6.07, 6.45) is 2.11. The summed E-state index contributed by atoms with van der Waals surface area (Å²) in [5, 5.41) is 25.6. The number of carbonyl (C=O) groups excluding carboxylic acids is 9. The highest BCUT2D eigenvalue weighted by atomic mass is 16.4. The van der Waals surface area contributed by atoms with E-state index in [1.54, 1.807) is 20.0 Å². The Morgan fingerprint density at radius 1 is 0.676 bits per heavy atom. The number of carboxylic acids is 1. The lowest BCUT2D eigenvalue weighted by Crippen LogP contribution is -2.60. The fourth-order valence-corrected chi connectivity index (χ4v) is 7.97. The quantitative estimate of drug-likeness (QED) is 0.0506. The molecule has 22 heteroatoms. The Morgan fingerprint density at radius 3 is 1.69 bits per heavy atom. The molecule has 0 aliphatic carbocycles. The monoisotopic (exact) mass is 954 g/mol. The number of carboxylic acid groups (broad SMARTS) is 1. The molecular weight excluding hydrogens is 883 g/mol. The van der Waals surface area contributed by atoms with Crippen molar-refractivity contribution in [3.63, 3.8) is 0 Å². The number of H-pyrrole nitrogens is 1. The van der Waals surface area contributed by atoms with E-state index in [1.165, 1.54) is 4.90 Å². The molecular formula is C46H71N11O11. The van der Waals surface area contributed by atoms with E-state index >= 15 is 0 Å². The van der Waals surface area contributed by atoms with Gasteiger partial charge in [0.15, 0.2) is 0 Å². The predicted octanol–water partition coefficient (Wildman–Crippen LogP) is -0.677. The summed E-state index contributed by atoms with van der Waals surface area (Å²) >= 11 is 0. The van der Waals surface area contributed by atoms with Crippen molar-refractivity contribution in [2.75, 3.05) is 13.1 Å². The summed E-state index contributed by atoms with van der Waals surface area (Å²) in [4.78, 5) is 135. The number of primary amides is 2. The van der Waals surface area contributed by atoms with Crippen molar-refractivity contribution in [2.45, 2.75) is 148 Å². The number of hydrogen-bond acceptors (Lipinski definition) is 11. The lowest BCUT2D eigenvalue weighted by Gasteiger charge is -2.30. The Balaban J connectivity index is 1.92. The minimum absolute atomic E-state index is 0.00256. The fourth-order valence-electron chi connectivity index (χ4n) is 7.97. The molecule has 0 bridgehead atoms. The number of amides is 9. The molecule has 0 saturated carbocycles. The van der Waals surface area contributed by atoms with Crippen LogP contribution in [-0.4, -0.2) is 130 Å². The summed E-state index contributed by atoms with van der Waals surface area (Å²) in [5.74, 6) is -8.18. The fraction of sp³-hybridized carbons (Fsp3) is 0.609. The summed E-state index contributed by atoms with van der Waals surface area (Å²) in [6.45, 7) is 10.4. The van der Waals surface area contributed by atoms with Gasteiger partial charge in [0.1, 0.15) is 42.8 Å². The normalized spacial score (nSPS) is 16.3. The van der Waals surface area contributed by atoms with Crippen molar-refractivity contribution >= 4 is 70.0 Å². The molecule has 14 N–H and O–H groups in total. The predicted molar refractivity (Wildman–Crippen MR) is 250 cm³/mol. The second-order valence-corrected chi connectivity index (χ2v) is 18.7. The molecule has 1 aromatic heterocycles. The summed E-state index contributed by atoms with van der Waals surface area (Å²) < 4.78 is 0. The average molecular weight is 954 g/mol. The molecule has 376 valence electrons. The van der Waals surface area contributed by atoms with Gasteiger partial charge < -0.3 is 64.1 Å². The Bertz CT molecular complexity index is 2120. The molecule has 1 aromatic carbocycles. The van der Waals surface area contributed by atoms with Gasteiger partial charge in [-0.25, -0.2) is 0 Å². The molecule has 9 amide bonds. The summed E-state index contributed by atoms with van der Waals surface area (Å²) in [7, 11) is 0. The van der Waals surface area contributed by atoms with Gasteiger partial charge in [0.25, 0.3) is 0 Å². The highest BCUT2D eigenvalue weighted by Gasteiger charge is 2.39. The van der Waals surface area contributed by atoms with Crippen LogP contribution < -0.4 is 49.1 Å². The number of carbonyl (C=O) groups is 10. The number of likely N-dealkylation sites (tertiary alicyclic amines) is 1. The molecule has 1 fully saturated rings. The molecule has 7 atom stereocenters. The summed E-state index contributed by atoms with van der Waals surface area (Å²) in [5.41, 5.74) is 18.0. The van der Waals surface area contributed by atoms with Gasteiger partial charge >= 0.3 is 5.97 Å². The Morgan fingerprint density at radius 2 is 1.16 bits per heavy atom. The molecule has 0 radical (unpaired) electrons. The first kappa shape index (κ1) is 55.7. The van der Waals surface area contributed by atoms with Crippen LogP contribution in [0.15, 0.2) is 30.5 Å². The third-order valence-electron chi connectivity index (χ3n) is 11.3. The van der Waals surface area contributed by atoms with E-state index in [4.69, 9.17) is 22.3 Å². The topological polar surface area (TPSA) is 360 Å². The molecule has 68 heavy (non-hydrogen) atoms. The van der Waals surface area contributed by atoms with Crippen LogP contribution in [-0.2, 0) is 54.4 Å². The van der Waals surface area contributed by atoms with Crippen LogP contribution in [0, 0.1) is 17.8 Å². The standard InChI is InChI=1S/C46H71N11O11/c1-24(2)18-32(41(63)52-31(14-16-38(49)59)40(62)51-23-39(60)61)53-42(64)33(19-25(3)4)54-44(66)35(21-27-22-50-30-11-8-7-10-28(27)30)55-43(65)34(20-26(5)6)56-45(67)36-12-9-17-57(36)46(68)29(47)13-15-37(48)58/h7-8,10-11,22,24-26,29,31-36,50H,9,12-21,23,47H2,1-6H3,(H2,48,58)(H2,49,59)(H,51,62)(H,52,63)(H,53,64)(H,54,66)(H,55,65)(H,56,67)(H,60,61)/t29-,31-,32-,33-,34-,35-,36-/m0/s1. The number of hydrogen-bond donors (Lipinski definition) is 11. The third-order valence-corrected chi connectivity index (χ3v) is 11.3. The maximum Gasteiger partial charge on any atom is 0.322 e. The Hall–Kier alpha value is -6.58. The van der Waals surface area contributed by atoms with Crippen LogP contribution in [0.5, 0.6) is 0 Å². The molecule has 1 saturated heterocycles. The lowest BCUT2D eigenvalue weighted by molar-refractivity contribution is -0.141. The summed E-state index contributed by atoms with van der Waals surface area (Å²) in [6, 6.07) is -1.01. The molecule has 2 heterocycles. The van der Waals surface area contributed by atoms with Crippen molar-refractivity contribution in [3.05, 3.63) is 36.0 Å². The van der Waals surface area contributed by atoms with E-state index in [0.717, 1.165) is 10.9 Å². The zero-order valence-electron chi connectivity index (χ0n) is 39.9. The molecule has 22 nitrogen and oxygen atoms in total. The number of nitrogens with zero attached hydrogens (tertiary/aromatic N) is 1. The van der Waals surface area contributed by atoms with E-state index in [-0.39, 0.29) is 75.7 Å². The molecule has 3 rings (SSSR count). The molecule has 2 aromatic rings. The van der Waals surface area contributed by atoms with Gasteiger partial charge in [0.2, 0.25) is 53.2 Å². The number of rotatable bonds is 28. The average Bonchev–Trinajstić information content (AvgIpc) is 3.92. The van der Waals surface area contributed by atoms with Crippen molar-refractivity contribution in [3.8, 4) is 0 Å². The van der Waals surface area contributed by atoms with Gasteiger partial charge in [0, 0.05) is 42.9 Å². The van der Waals surface area contributed by atoms with Gasteiger partial charge in [-0.1, -0.05) is 59.7 Å². The van der Waals surface area contributed by atoms with Crippen LogP contribution >= 0.6 is 0 Å². The Labute approximate surface area is 396 Å². The van der Waals surface area contributed by atoms with Crippen molar-refractivity contribution in [1.29, 1.82) is 0 Å². The Kier molecular flexibility index (Phi) is 21.9. The zero-order chi connectivity index (χ0) is 50.8. The highest BCUT2D eigenvalue weighted by molar-refractivity contribution is 5.98. The van der Waals surface area contributed by atoms with Crippen molar-refractivity contribution < 1.29 is 53.1 Å². The van der Waals surface area contributed by atoms with Crippen molar-refractivity contribution in [2.24, 2.45) is 35.0 Å². The number of aromatic amines is 1. The molecule has 1 aliphatic rings. The first-order valence-corrected chi connectivity index (χ1v) is 23.2. The molecule has 0 unspecified atom stereocenters. The number of nitrogens with two attached hydrogens (primary N) is 3. The molecule has 1 aliphatic heterocycles. The van der Waals surface area contributed by atoms with Gasteiger partial charge in [-0.05, 0) is 74.3 Å². The largest absolute Gasteiger partial charge is 0.480 e. The second-order valence-electron chi connectivity index (χ2n) is 18.7. The van der Waals surface area contributed by atoms with E-state index in [0.29, 0.717) is 18.4 Å². The lowest BCUT2D eigenvalue weighted by atomic mass is 9.98. The smallest absolute Gasteiger partial charge is 0.322 e. The minimum Gasteiger partial charge on any atom is -0.480 e. The van der Waals surface area contributed by atoms with Crippen LogP contribution in [0.4, 0.5) is 0 Å². The number of aromatic nitrogens is 1. The van der Waals surface area contributed by atoms with Gasteiger partial charge in [-0.3, -0.25) is 47.9 Å². The first-order chi connectivity index (χ1) is 32.0. The van der Waals surface area contributed by atoms with E-state index in [9.17, 15) is 47.9 Å². The van der Waals surface area contributed by atoms with Gasteiger partial charge in [0.05, 0.1) is 6.04 Å². The van der Waals surface area contributed by atoms with Crippen LogP contribution in [0.1, 0.15) is 105 Å². The van der Waals surface area contributed by atoms with E-state index in [2.05, 4.69) is 36.9 Å². The highest BCUT2D eigenvalue weighted by Crippen LogP contribution is 2.22. The maximum atomic E-state index is 14.6.